The number of benzene rings is 1. The van der Waals surface area contributed by atoms with E-state index in [1.165, 1.54) is 0 Å². The molecule has 0 saturated carbocycles. The summed E-state index contributed by atoms with van der Waals surface area (Å²) in [6.07, 6.45) is 2.05. The van der Waals surface area contributed by atoms with Gasteiger partial charge in [-0.3, -0.25) is 4.79 Å². The van der Waals surface area contributed by atoms with E-state index in [0.29, 0.717) is 17.0 Å². The van der Waals surface area contributed by atoms with Crippen LogP contribution in [-0.2, 0) is 4.79 Å². The molecule has 1 aromatic carbocycles. The van der Waals surface area contributed by atoms with E-state index in [1.54, 1.807) is 25.1 Å². The van der Waals surface area contributed by atoms with E-state index in [4.69, 9.17) is 16.7 Å². The summed E-state index contributed by atoms with van der Waals surface area (Å²) < 4.78 is 0. The number of carbonyl (C=O) groups excluding carboxylic acids is 1. The molecule has 0 radical (unpaired) electrons. The fourth-order valence-corrected chi connectivity index (χ4v) is 1.94. The van der Waals surface area contributed by atoms with E-state index >= 15 is 0 Å². The van der Waals surface area contributed by atoms with Crippen LogP contribution in [-0.4, -0.2) is 23.0 Å². The van der Waals surface area contributed by atoms with Crippen LogP contribution in [0.15, 0.2) is 18.2 Å². The van der Waals surface area contributed by atoms with E-state index in [0.717, 1.165) is 18.4 Å². The van der Waals surface area contributed by atoms with Gasteiger partial charge >= 0.3 is 5.97 Å². The molecular weight excluding hydrogens is 266 g/mol. The lowest BCUT2D eigenvalue weighted by Crippen LogP contribution is -2.40. The highest BCUT2D eigenvalue weighted by Gasteiger charge is 2.21. The molecule has 1 amide bonds. The summed E-state index contributed by atoms with van der Waals surface area (Å²) in [6, 6.07) is 4.23. The summed E-state index contributed by atoms with van der Waals surface area (Å²) in [5.74, 6) is -1.47. The zero-order valence-corrected chi connectivity index (χ0v) is 11.8. The third-order valence-electron chi connectivity index (χ3n) is 2.89. The number of rotatable bonds is 6. The topological polar surface area (TPSA) is 66.4 Å². The lowest BCUT2D eigenvalue weighted by Gasteiger charge is -2.15. The number of unbranched alkanes of at least 4 members (excludes halogenated alkanes) is 1. The molecule has 0 aliphatic carbocycles. The Kier molecular flexibility index (Phi) is 5.83. The van der Waals surface area contributed by atoms with Gasteiger partial charge in [-0.15, -0.1) is 0 Å². The van der Waals surface area contributed by atoms with Crippen molar-refractivity contribution in [2.75, 3.05) is 0 Å². The van der Waals surface area contributed by atoms with Crippen LogP contribution in [0.1, 0.15) is 42.1 Å². The first-order valence-corrected chi connectivity index (χ1v) is 6.64. The van der Waals surface area contributed by atoms with Crippen molar-refractivity contribution < 1.29 is 14.7 Å². The molecule has 0 aliphatic rings. The van der Waals surface area contributed by atoms with Crippen molar-refractivity contribution in [3.05, 3.63) is 34.3 Å². The van der Waals surface area contributed by atoms with Crippen molar-refractivity contribution in [3.63, 3.8) is 0 Å². The van der Waals surface area contributed by atoms with Gasteiger partial charge in [0.15, 0.2) is 0 Å². The summed E-state index contributed by atoms with van der Waals surface area (Å²) >= 11 is 6.05. The van der Waals surface area contributed by atoms with Gasteiger partial charge in [0.1, 0.15) is 6.04 Å². The largest absolute Gasteiger partial charge is 0.480 e. The second-order valence-electron chi connectivity index (χ2n) is 4.44. The fourth-order valence-electron chi connectivity index (χ4n) is 1.72. The summed E-state index contributed by atoms with van der Waals surface area (Å²) in [7, 11) is 0. The van der Waals surface area contributed by atoms with Gasteiger partial charge in [-0.2, -0.15) is 0 Å². The van der Waals surface area contributed by atoms with Gasteiger partial charge < -0.3 is 10.4 Å². The second kappa shape index (κ2) is 7.14. The first-order valence-electron chi connectivity index (χ1n) is 6.26. The molecule has 0 spiro atoms. The van der Waals surface area contributed by atoms with Crippen LogP contribution in [0.25, 0.3) is 0 Å². The number of carboxylic acids is 1. The van der Waals surface area contributed by atoms with E-state index < -0.39 is 17.9 Å². The highest BCUT2D eigenvalue weighted by molar-refractivity contribution is 6.34. The van der Waals surface area contributed by atoms with Crippen molar-refractivity contribution in [2.45, 2.75) is 39.2 Å². The smallest absolute Gasteiger partial charge is 0.326 e. The summed E-state index contributed by atoms with van der Waals surface area (Å²) in [5.41, 5.74) is 1.10. The zero-order chi connectivity index (χ0) is 14.4. The van der Waals surface area contributed by atoms with Gasteiger partial charge in [-0.1, -0.05) is 43.5 Å². The Labute approximate surface area is 117 Å². The number of carboxylic acid groups (broad SMARTS) is 1. The average molecular weight is 284 g/mol. The van der Waals surface area contributed by atoms with Crippen LogP contribution < -0.4 is 5.32 Å². The van der Waals surface area contributed by atoms with Crippen molar-refractivity contribution in [3.8, 4) is 0 Å². The molecule has 1 unspecified atom stereocenters. The van der Waals surface area contributed by atoms with Crippen LogP contribution in [0.2, 0.25) is 5.02 Å². The second-order valence-corrected chi connectivity index (χ2v) is 4.82. The SMILES string of the molecule is CCCCC(NC(=O)c1cccc(C)c1Cl)C(=O)O. The Bertz CT molecular complexity index is 474. The number of aryl methyl sites for hydroxylation is 1. The molecule has 0 heterocycles. The van der Waals surface area contributed by atoms with E-state index in [2.05, 4.69) is 5.32 Å². The van der Waals surface area contributed by atoms with Gasteiger partial charge in [0.05, 0.1) is 10.6 Å². The van der Waals surface area contributed by atoms with Gasteiger partial charge in [-0.05, 0) is 25.0 Å². The zero-order valence-electron chi connectivity index (χ0n) is 11.1. The molecule has 1 rings (SSSR count). The number of hydrogen-bond donors (Lipinski definition) is 2. The average Bonchev–Trinajstić information content (AvgIpc) is 2.37. The molecule has 0 bridgehead atoms. The molecule has 1 aromatic rings. The van der Waals surface area contributed by atoms with Gasteiger partial charge in [0.25, 0.3) is 5.91 Å². The third kappa shape index (κ3) is 4.24. The van der Waals surface area contributed by atoms with Crippen LogP contribution >= 0.6 is 11.6 Å². The molecule has 1 atom stereocenters. The maximum Gasteiger partial charge on any atom is 0.326 e. The van der Waals surface area contributed by atoms with Gasteiger partial charge in [0.2, 0.25) is 0 Å². The Morgan fingerprint density at radius 2 is 2.11 bits per heavy atom. The number of carbonyl (C=O) groups is 2. The van der Waals surface area contributed by atoms with Gasteiger partial charge in [0, 0.05) is 0 Å². The summed E-state index contributed by atoms with van der Waals surface area (Å²) in [6.45, 7) is 3.77. The molecule has 4 nitrogen and oxygen atoms in total. The van der Waals surface area contributed by atoms with E-state index in [9.17, 15) is 9.59 Å². The van der Waals surface area contributed by atoms with Crippen LogP contribution in [0.4, 0.5) is 0 Å². The monoisotopic (exact) mass is 283 g/mol. The molecule has 0 aromatic heterocycles. The lowest BCUT2D eigenvalue weighted by atomic mass is 10.1. The van der Waals surface area contributed by atoms with Crippen molar-refractivity contribution >= 4 is 23.5 Å². The number of aliphatic carboxylic acids is 1. The highest BCUT2D eigenvalue weighted by atomic mass is 35.5. The minimum Gasteiger partial charge on any atom is -0.480 e. The maximum absolute atomic E-state index is 12.0. The van der Waals surface area contributed by atoms with Crippen molar-refractivity contribution in [1.29, 1.82) is 0 Å². The van der Waals surface area contributed by atoms with Crippen LogP contribution in [0.5, 0.6) is 0 Å². The Morgan fingerprint density at radius 3 is 2.68 bits per heavy atom. The number of hydrogen-bond acceptors (Lipinski definition) is 2. The lowest BCUT2D eigenvalue weighted by molar-refractivity contribution is -0.139. The quantitative estimate of drug-likeness (QED) is 0.843. The minimum atomic E-state index is -1.02. The molecule has 2 N–H and O–H groups in total. The summed E-state index contributed by atoms with van der Waals surface area (Å²) in [5, 5.41) is 11.9. The van der Waals surface area contributed by atoms with Crippen molar-refractivity contribution in [1.82, 2.24) is 5.32 Å². The van der Waals surface area contributed by atoms with E-state index in [1.807, 2.05) is 6.92 Å². The Balaban J connectivity index is 2.82. The molecule has 0 aliphatic heterocycles. The molecule has 0 fully saturated rings. The number of halogens is 1. The van der Waals surface area contributed by atoms with Crippen molar-refractivity contribution in [2.24, 2.45) is 0 Å². The van der Waals surface area contributed by atoms with Crippen LogP contribution in [0, 0.1) is 6.92 Å². The number of amides is 1. The molecule has 0 saturated heterocycles. The van der Waals surface area contributed by atoms with Gasteiger partial charge in [-0.25, -0.2) is 4.79 Å². The normalized spacial score (nSPS) is 11.9. The fraction of sp³-hybridized carbons (Fsp3) is 0.429. The highest BCUT2D eigenvalue weighted by Crippen LogP contribution is 2.20. The van der Waals surface area contributed by atoms with Crippen LogP contribution in [0.3, 0.4) is 0 Å². The predicted molar refractivity (Wildman–Crippen MR) is 74.6 cm³/mol. The standard InChI is InChI=1S/C14H18ClNO3/c1-3-4-8-11(14(18)19)16-13(17)10-7-5-6-9(2)12(10)15/h5-7,11H,3-4,8H2,1-2H3,(H,16,17)(H,18,19). The number of nitrogens with one attached hydrogen (secondary N) is 1. The minimum absolute atomic E-state index is 0.310. The maximum atomic E-state index is 12.0. The molecule has 19 heavy (non-hydrogen) atoms. The molecule has 5 heteroatoms. The molecular formula is C14H18ClNO3. The Morgan fingerprint density at radius 1 is 1.42 bits per heavy atom. The first kappa shape index (κ1) is 15.5. The molecule has 104 valence electrons. The predicted octanol–water partition coefficient (Wildman–Crippen LogP) is 3.02. The third-order valence-corrected chi connectivity index (χ3v) is 3.39. The van der Waals surface area contributed by atoms with E-state index in [-0.39, 0.29) is 0 Å². The first-order chi connectivity index (χ1) is 8.97. The summed E-state index contributed by atoms with van der Waals surface area (Å²) in [4.78, 5) is 23.1. The Hall–Kier alpha value is -1.55.